The zero-order valence-electron chi connectivity index (χ0n) is 10.6. The van der Waals surface area contributed by atoms with E-state index in [4.69, 9.17) is 5.21 Å². The number of hydroxylamine groups is 1. The largest absolute Gasteiger partial charge is 0.326 e. The molecule has 1 aromatic carbocycles. The maximum atomic E-state index is 11.6. The summed E-state index contributed by atoms with van der Waals surface area (Å²) in [6, 6.07) is 7.11. The van der Waals surface area contributed by atoms with Gasteiger partial charge in [-0.25, -0.2) is 5.48 Å². The number of fused-ring (bicyclic) bond motifs is 1. The fourth-order valence-corrected chi connectivity index (χ4v) is 2.51. The summed E-state index contributed by atoms with van der Waals surface area (Å²) in [5.74, 6) is -0.675. The van der Waals surface area contributed by atoms with Gasteiger partial charge in [0.25, 0.3) is 5.91 Å². The Hall–Kier alpha value is -1.92. The number of thiophene rings is 1. The molecule has 19 heavy (non-hydrogen) atoms. The number of benzene rings is 1. The summed E-state index contributed by atoms with van der Waals surface area (Å²) in [5.41, 5.74) is 2.30. The third-order valence-corrected chi connectivity index (χ3v) is 3.75. The first-order valence-electron chi connectivity index (χ1n) is 5.80. The summed E-state index contributed by atoms with van der Waals surface area (Å²) < 4.78 is 0.918. The highest BCUT2D eigenvalue weighted by atomic mass is 32.1. The Balaban J connectivity index is 2.30. The normalized spacial score (nSPS) is 10.7. The Labute approximate surface area is 114 Å². The summed E-state index contributed by atoms with van der Waals surface area (Å²) in [5, 5.41) is 12.3. The topological polar surface area (TPSA) is 78.4 Å². The van der Waals surface area contributed by atoms with Crippen LogP contribution in [0.25, 0.3) is 10.1 Å². The molecule has 1 heterocycles. The average Bonchev–Trinajstić information content (AvgIpc) is 2.80. The zero-order chi connectivity index (χ0) is 14.0. The zero-order valence-corrected chi connectivity index (χ0v) is 11.4. The molecule has 100 valence electrons. The first-order chi connectivity index (χ1) is 9.01. The Morgan fingerprint density at radius 3 is 2.63 bits per heavy atom. The highest BCUT2D eigenvalue weighted by Gasteiger charge is 2.11. The second-order valence-corrected chi connectivity index (χ2v) is 5.53. The fourth-order valence-electron chi connectivity index (χ4n) is 1.57. The number of anilines is 1. The number of hydrogen-bond donors (Lipinski definition) is 3. The maximum absolute atomic E-state index is 11.6. The van der Waals surface area contributed by atoms with Crippen molar-refractivity contribution in [2.24, 2.45) is 5.92 Å². The van der Waals surface area contributed by atoms with Crippen molar-refractivity contribution in [2.75, 3.05) is 5.32 Å². The average molecular weight is 278 g/mol. The molecular weight excluding hydrogens is 264 g/mol. The molecule has 0 aliphatic heterocycles. The predicted octanol–water partition coefficient (Wildman–Crippen LogP) is 2.61. The van der Waals surface area contributed by atoms with Crippen LogP contribution >= 0.6 is 11.3 Å². The van der Waals surface area contributed by atoms with Crippen molar-refractivity contribution in [3.8, 4) is 0 Å². The summed E-state index contributed by atoms with van der Waals surface area (Å²) in [4.78, 5) is 23.3. The summed E-state index contributed by atoms with van der Waals surface area (Å²) in [7, 11) is 0. The molecule has 5 nitrogen and oxygen atoms in total. The van der Waals surface area contributed by atoms with Crippen LogP contribution < -0.4 is 10.8 Å². The molecular formula is C13H14N2O3S. The van der Waals surface area contributed by atoms with Gasteiger partial charge < -0.3 is 5.32 Å². The van der Waals surface area contributed by atoms with Crippen molar-refractivity contribution in [3.05, 3.63) is 29.1 Å². The number of carbonyl (C=O) groups excluding carboxylic acids is 2. The Morgan fingerprint density at radius 2 is 2.00 bits per heavy atom. The molecule has 0 aliphatic rings. The second kappa shape index (κ2) is 5.38. The van der Waals surface area contributed by atoms with E-state index in [0.29, 0.717) is 10.6 Å². The molecule has 0 aliphatic carbocycles. The van der Waals surface area contributed by atoms with Crippen molar-refractivity contribution in [1.29, 1.82) is 0 Å². The molecule has 0 fully saturated rings. The molecule has 0 radical (unpaired) electrons. The first kappa shape index (κ1) is 13.5. The van der Waals surface area contributed by atoms with Gasteiger partial charge in [0.05, 0.1) is 4.88 Å². The molecule has 0 saturated heterocycles. The van der Waals surface area contributed by atoms with Crippen molar-refractivity contribution in [1.82, 2.24) is 5.48 Å². The van der Waals surface area contributed by atoms with Crippen LogP contribution in [0.2, 0.25) is 0 Å². The van der Waals surface area contributed by atoms with Gasteiger partial charge in [-0.3, -0.25) is 14.8 Å². The lowest BCUT2D eigenvalue weighted by atomic mass is 10.2. The first-order valence-corrected chi connectivity index (χ1v) is 6.62. The van der Waals surface area contributed by atoms with E-state index in [2.05, 4.69) is 5.32 Å². The van der Waals surface area contributed by atoms with Crippen LogP contribution in [-0.4, -0.2) is 17.0 Å². The molecule has 2 amide bonds. The summed E-state index contributed by atoms with van der Waals surface area (Å²) >= 11 is 1.28. The number of amides is 2. The van der Waals surface area contributed by atoms with Crippen LogP contribution in [0.1, 0.15) is 23.5 Å². The maximum Gasteiger partial charge on any atom is 0.284 e. The minimum atomic E-state index is -0.533. The van der Waals surface area contributed by atoms with E-state index in [1.807, 2.05) is 19.9 Å². The van der Waals surface area contributed by atoms with Gasteiger partial charge in [0.1, 0.15) is 0 Å². The lowest BCUT2D eigenvalue weighted by Gasteiger charge is -2.07. The minimum Gasteiger partial charge on any atom is -0.326 e. The van der Waals surface area contributed by atoms with Crippen molar-refractivity contribution in [2.45, 2.75) is 13.8 Å². The molecule has 3 N–H and O–H groups in total. The SMILES string of the molecule is CC(C)C(=O)Nc1ccc2sc(C(=O)NO)cc2c1. The third kappa shape index (κ3) is 2.91. The Morgan fingerprint density at radius 1 is 1.26 bits per heavy atom. The van der Waals surface area contributed by atoms with Gasteiger partial charge in [-0.2, -0.15) is 0 Å². The Bertz CT molecular complexity index is 634. The fraction of sp³-hybridized carbons (Fsp3) is 0.231. The number of carbonyl (C=O) groups is 2. The second-order valence-electron chi connectivity index (χ2n) is 4.45. The predicted molar refractivity (Wildman–Crippen MR) is 74.5 cm³/mol. The van der Waals surface area contributed by atoms with Crippen LogP contribution in [0.15, 0.2) is 24.3 Å². The van der Waals surface area contributed by atoms with E-state index < -0.39 is 5.91 Å². The number of hydrogen-bond acceptors (Lipinski definition) is 4. The van der Waals surface area contributed by atoms with Gasteiger partial charge in [-0.15, -0.1) is 11.3 Å². The highest BCUT2D eigenvalue weighted by Crippen LogP contribution is 2.28. The highest BCUT2D eigenvalue weighted by molar-refractivity contribution is 7.20. The molecule has 2 rings (SSSR count). The lowest BCUT2D eigenvalue weighted by Crippen LogP contribution is -2.17. The summed E-state index contributed by atoms with van der Waals surface area (Å²) in [6.07, 6.45) is 0. The lowest BCUT2D eigenvalue weighted by molar-refractivity contribution is -0.118. The number of rotatable bonds is 3. The molecule has 0 saturated carbocycles. The van der Waals surface area contributed by atoms with E-state index >= 15 is 0 Å². The molecule has 0 atom stereocenters. The van der Waals surface area contributed by atoms with E-state index in [1.165, 1.54) is 11.3 Å². The monoisotopic (exact) mass is 278 g/mol. The molecule has 0 bridgehead atoms. The number of nitrogens with one attached hydrogen (secondary N) is 2. The van der Waals surface area contributed by atoms with Crippen LogP contribution in [-0.2, 0) is 4.79 Å². The van der Waals surface area contributed by atoms with E-state index in [9.17, 15) is 9.59 Å². The van der Waals surface area contributed by atoms with E-state index in [1.54, 1.807) is 23.7 Å². The molecule has 2 aromatic rings. The third-order valence-electron chi connectivity index (χ3n) is 2.63. The van der Waals surface area contributed by atoms with Crippen molar-refractivity contribution < 1.29 is 14.8 Å². The van der Waals surface area contributed by atoms with Gasteiger partial charge in [0.15, 0.2) is 0 Å². The quantitative estimate of drug-likeness (QED) is 0.596. The molecule has 1 aromatic heterocycles. The van der Waals surface area contributed by atoms with Crippen LogP contribution in [0.3, 0.4) is 0 Å². The van der Waals surface area contributed by atoms with Gasteiger partial charge in [-0.1, -0.05) is 13.8 Å². The summed E-state index contributed by atoms with van der Waals surface area (Å²) in [6.45, 7) is 3.64. The smallest absolute Gasteiger partial charge is 0.284 e. The van der Waals surface area contributed by atoms with Crippen LogP contribution in [0.5, 0.6) is 0 Å². The molecule has 6 heteroatoms. The molecule has 0 unspecified atom stereocenters. The minimum absolute atomic E-state index is 0.0529. The van der Waals surface area contributed by atoms with Crippen LogP contribution in [0.4, 0.5) is 5.69 Å². The standard InChI is InChI=1S/C13H14N2O3S/c1-7(2)12(16)14-9-3-4-10-8(5-9)6-11(19-10)13(17)15-18/h3-7,18H,1-2H3,(H,14,16)(H,15,17). The van der Waals surface area contributed by atoms with Crippen molar-refractivity contribution in [3.63, 3.8) is 0 Å². The molecule has 0 spiro atoms. The van der Waals surface area contributed by atoms with Gasteiger partial charge in [0.2, 0.25) is 5.91 Å². The van der Waals surface area contributed by atoms with Gasteiger partial charge in [-0.05, 0) is 29.7 Å². The van der Waals surface area contributed by atoms with E-state index in [-0.39, 0.29) is 11.8 Å². The van der Waals surface area contributed by atoms with Gasteiger partial charge in [0, 0.05) is 16.3 Å². The van der Waals surface area contributed by atoms with Crippen LogP contribution in [0, 0.1) is 5.92 Å². The van der Waals surface area contributed by atoms with E-state index in [0.717, 1.165) is 10.1 Å². The Kier molecular flexibility index (Phi) is 3.82. The van der Waals surface area contributed by atoms with Crippen molar-refractivity contribution >= 4 is 38.9 Å². The van der Waals surface area contributed by atoms with Gasteiger partial charge >= 0.3 is 0 Å².